The molecule has 0 N–H and O–H groups in total. The maximum absolute atomic E-state index is 12.4. The van der Waals surface area contributed by atoms with Gasteiger partial charge in [-0.15, -0.1) is 0 Å². The van der Waals surface area contributed by atoms with E-state index in [9.17, 15) is 23.3 Å². The first kappa shape index (κ1) is 11.5. The number of alkyl halides is 3. The quantitative estimate of drug-likeness (QED) is 0.566. The number of halogens is 3. The van der Waals surface area contributed by atoms with E-state index in [0.29, 0.717) is 0 Å². The van der Waals surface area contributed by atoms with Crippen molar-refractivity contribution in [1.82, 2.24) is 0 Å². The van der Waals surface area contributed by atoms with Gasteiger partial charge in [0.1, 0.15) is 0 Å². The van der Waals surface area contributed by atoms with Crippen molar-refractivity contribution in [3.63, 3.8) is 0 Å². The summed E-state index contributed by atoms with van der Waals surface area (Å²) in [6, 6.07) is 3.16. The molecule has 0 aromatic heterocycles. The maximum atomic E-state index is 12.4. The summed E-state index contributed by atoms with van der Waals surface area (Å²) in [6.07, 6.45) is -4.55. The molecule has 1 aromatic carbocycles. The van der Waals surface area contributed by atoms with Crippen molar-refractivity contribution in [3.8, 4) is 0 Å². The molecule has 0 aliphatic carbocycles. The van der Waals surface area contributed by atoms with E-state index in [2.05, 4.69) is 0 Å². The van der Waals surface area contributed by atoms with Crippen molar-refractivity contribution in [2.75, 3.05) is 0 Å². The van der Waals surface area contributed by atoms with Gasteiger partial charge in [0.2, 0.25) is 6.04 Å². The molecule has 0 spiro atoms. The Morgan fingerprint density at radius 3 is 2.33 bits per heavy atom. The number of nitrogens with zero attached hydrogens (tertiary/aromatic N) is 1. The Morgan fingerprint density at radius 2 is 1.87 bits per heavy atom. The summed E-state index contributed by atoms with van der Waals surface area (Å²) in [7, 11) is 0. The van der Waals surface area contributed by atoms with Gasteiger partial charge in [-0.25, -0.2) is 0 Å². The lowest BCUT2D eigenvalue weighted by molar-refractivity contribution is -0.524. The highest BCUT2D eigenvalue weighted by Crippen LogP contribution is 2.34. The van der Waals surface area contributed by atoms with Gasteiger partial charge in [0, 0.05) is 17.4 Å². The summed E-state index contributed by atoms with van der Waals surface area (Å²) in [5.41, 5.74) is -1.26. The third-order valence-electron chi connectivity index (χ3n) is 2.03. The van der Waals surface area contributed by atoms with Crippen LogP contribution in [0.5, 0.6) is 0 Å². The predicted molar refractivity (Wildman–Crippen MR) is 46.9 cm³/mol. The fourth-order valence-electron chi connectivity index (χ4n) is 1.23. The van der Waals surface area contributed by atoms with Crippen LogP contribution in [0.1, 0.15) is 24.1 Å². The average molecular weight is 219 g/mol. The topological polar surface area (TPSA) is 43.1 Å². The third kappa shape index (κ3) is 2.45. The molecule has 0 heterocycles. The predicted octanol–water partition coefficient (Wildman–Crippen LogP) is 3.04. The van der Waals surface area contributed by atoms with Crippen molar-refractivity contribution in [2.24, 2.45) is 0 Å². The van der Waals surface area contributed by atoms with Crippen molar-refractivity contribution in [1.29, 1.82) is 0 Å². The second kappa shape index (κ2) is 3.88. The molecular formula is C9H8F3NO2. The Balaban J connectivity index is 3.24. The zero-order chi connectivity index (χ0) is 11.6. The molecule has 15 heavy (non-hydrogen) atoms. The molecule has 0 amide bonds. The van der Waals surface area contributed by atoms with Crippen LogP contribution in [0.15, 0.2) is 24.3 Å². The minimum absolute atomic E-state index is 0.310. The van der Waals surface area contributed by atoms with Gasteiger partial charge in [-0.3, -0.25) is 10.1 Å². The van der Waals surface area contributed by atoms with E-state index in [0.717, 1.165) is 19.1 Å². The number of rotatable bonds is 2. The van der Waals surface area contributed by atoms with Crippen LogP contribution in [0.3, 0.4) is 0 Å². The van der Waals surface area contributed by atoms with Crippen molar-refractivity contribution >= 4 is 0 Å². The van der Waals surface area contributed by atoms with Gasteiger partial charge in [0.15, 0.2) is 0 Å². The van der Waals surface area contributed by atoms with Crippen molar-refractivity contribution in [3.05, 3.63) is 45.5 Å². The summed E-state index contributed by atoms with van der Waals surface area (Å²) in [5.74, 6) is 0. The minimum atomic E-state index is -4.55. The first-order valence-electron chi connectivity index (χ1n) is 4.13. The maximum Gasteiger partial charge on any atom is 0.416 e. The smallest absolute Gasteiger partial charge is 0.264 e. The first-order valence-corrected chi connectivity index (χ1v) is 4.13. The lowest BCUT2D eigenvalue weighted by atomic mass is 10.0. The molecule has 1 rings (SSSR count). The van der Waals surface area contributed by atoms with Crippen LogP contribution >= 0.6 is 0 Å². The Bertz CT molecular complexity index is 376. The van der Waals surface area contributed by atoms with Crippen LogP contribution in [0.2, 0.25) is 0 Å². The molecule has 0 bridgehead atoms. The molecule has 0 aliphatic heterocycles. The average Bonchev–Trinajstić information content (AvgIpc) is 2.15. The van der Waals surface area contributed by atoms with Gasteiger partial charge in [-0.05, 0) is 6.07 Å². The molecular weight excluding hydrogens is 211 g/mol. The lowest BCUT2D eigenvalue weighted by Crippen LogP contribution is -2.14. The zero-order valence-corrected chi connectivity index (χ0v) is 7.78. The Labute approximate surface area is 83.7 Å². The monoisotopic (exact) mass is 219 g/mol. The van der Waals surface area contributed by atoms with E-state index in [1.54, 1.807) is 0 Å². The highest BCUT2D eigenvalue weighted by Gasteiger charge is 2.36. The highest BCUT2D eigenvalue weighted by molar-refractivity contribution is 5.31. The van der Waals surface area contributed by atoms with Crippen LogP contribution in [-0.4, -0.2) is 4.92 Å². The number of hydrogen-bond donors (Lipinski definition) is 0. The van der Waals surface area contributed by atoms with Crippen LogP contribution in [-0.2, 0) is 6.18 Å². The minimum Gasteiger partial charge on any atom is -0.264 e. The highest BCUT2D eigenvalue weighted by atomic mass is 19.4. The second-order valence-corrected chi connectivity index (χ2v) is 3.05. The van der Waals surface area contributed by atoms with Crippen LogP contribution in [0.25, 0.3) is 0 Å². The summed E-state index contributed by atoms with van der Waals surface area (Å²) in [5, 5.41) is 10.4. The van der Waals surface area contributed by atoms with Gasteiger partial charge in [0.05, 0.1) is 5.56 Å². The van der Waals surface area contributed by atoms with Crippen LogP contribution in [0, 0.1) is 10.1 Å². The van der Waals surface area contributed by atoms with Gasteiger partial charge < -0.3 is 0 Å². The molecule has 0 radical (unpaired) electrons. The lowest BCUT2D eigenvalue weighted by Gasteiger charge is -2.12. The largest absolute Gasteiger partial charge is 0.416 e. The molecule has 3 nitrogen and oxygen atoms in total. The standard InChI is InChI=1S/C9H8F3NO2/c1-6(13(14)15)7-4-2-3-5-8(7)9(10,11)12/h2-6H,1H3. The fourth-order valence-corrected chi connectivity index (χ4v) is 1.23. The van der Waals surface area contributed by atoms with Gasteiger partial charge in [0.25, 0.3) is 0 Å². The Morgan fingerprint density at radius 1 is 1.33 bits per heavy atom. The summed E-state index contributed by atoms with van der Waals surface area (Å²) in [6.45, 7) is 1.13. The van der Waals surface area contributed by atoms with Crippen LogP contribution in [0.4, 0.5) is 13.2 Å². The second-order valence-electron chi connectivity index (χ2n) is 3.05. The van der Waals surface area contributed by atoms with Gasteiger partial charge in [-0.1, -0.05) is 18.2 Å². The van der Waals surface area contributed by atoms with Gasteiger partial charge >= 0.3 is 6.18 Å². The SMILES string of the molecule is CC(c1ccccc1C(F)(F)F)[N+](=O)[O-]. The Kier molecular flexibility index (Phi) is 2.97. The summed E-state index contributed by atoms with van der Waals surface area (Å²) in [4.78, 5) is 9.67. The first-order chi connectivity index (χ1) is 6.84. The zero-order valence-electron chi connectivity index (χ0n) is 7.78. The van der Waals surface area contributed by atoms with E-state index >= 15 is 0 Å². The fraction of sp³-hybridized carbons (Fsp3) is 0.333. The molecule has 1 aromatic rings. The van der Waals surface area contributed by atoms with E-state index in [-0.39, 0.29) is 5.56 Å². The van der Waals surface area contributed by atoms with E-state index < -0.39 is 22.7 Å². The van der Waals surface area contributed by atoms with Crippen molar-refractivity contribution < 1.29 is 18.1 Å². The molecule has 6 heteroatoms. The Hall–Kier alpha value is -1.59. The molecule has 1 unspecified atom stereocenters. The molecule has 82 valence electrons. The summed E-state index contributed by atoms with van der Waals surface area (Å²) < 4.78 is 37.3. The van der Waals surface area contributed by atoms with Gasteiger partial charge in [-0.2, -0.15) is 13.2 Å². The molecule has 1 atom stereocenters. The number of hydrogen-bond acceptors (Lipinski definition) is 2. The molecule has 0 saturated heterocycles. The number of nitro groups is 1. The van der Waals surface area contributed by atoms with E-state index in [1.165, 1.54) is 12.1 Å². The third-order valence-corrected chi connectivity index (χ3v) is 2.03. The normalized spacial score (nSPS) is 13.6. The van der Waals surface area contributed by atoms with Crippen LogP contribution < -0.4 is 0 Å². The van der Waals surface area contributed by atoms with E-state index in [1.807, 2.05) is 0 Å². The number of benzene rings is 1. The van der Waals surface area contributed by atoms with E-state index in [4.69, 9.17) is 0 Å². The molecule has 0 fully saturated rings. The van der Waals surface area contributed by atoms with Crippen molar-refractivity contribution in [2.45, 2.75) is 19.1 Å². The molecule has 0 saturated carbocycles. The summed E-state index contributed by atoms with van der Waals surface area (Å²) >= 11 is 0. The molecule has 0 aliphatic rings.